The van der Waals surface area contributed by atoms with Gasteiger partial charge in [-0.05, 0) is 28.1 Å². The lowest BCUT2D eigenvalue weighted by Crippen LogP contribution is -1.89. The van der Waals surface area contributed by atoms with Crippen LogP contribution in [-0.2, 0) is 0 Å². The highest BCUT2D eigenvalue weighted by Gasteiger charge is 2.14. The van der Waals surface area contributed by atoms with Gasteiger partial charge < -0.3 is 0 Å². The molecule has 2 aromatic rings. The molecule has 0 spiro atoms. The standard InChI is InChI=1S/C9H2BrCl3FN/c10-7-5(12)1-3-4(11)2-6(13)15-9(3)8(7)14/h1-2H. The first-order chi connectivity index (χ1) is 7.00. The van der Waals surface area contributed by atoms with E-state index in [1.165, 1.54) is 12.1 Å². The minimum atomic E-state index is -0.568. The summed E-state index contributed by atoms with van der Waals surface area (Å²) in [6.45, 7) is 0. The van der Waals surface area contributed by atoms with E-state index in [-0.39, 0.29) is 20.2 Å². The number of rotatable bonds is 0. The van der Waals surface area contributed by atoms with Gasteiger partial charge in [0.1, 0.15) is 10.7 Å². The minimum Gasteiger partial charge on any atom is -0.233 e. The van der Waals surface area contributed by atoms with Crippen molar-refractivity contribution in [2.24, 2.45) is 0 Å². The zero-order chi connectivity index (χ0) is 11.2. The van der Waals surface area contributed by atoms with Crippen LogP contribution in [-0.4, -0.2) is 4.98 Å². The van der Waals surface area contributed by atoms with Gasteiger partial charge in [-0.15, -0.1) is 0 Å². The van der Waals surface area contributed by atoms with E-state index in [4.69, 9.17) is 34.8 Å². The monoisotopic (exact) mass is 327 g/mol. The molecule has 78 valence electrons. The molecule has 0 amide bonds. The quantitative estimate of drug-likeness (QED) is 0.484. The van der Waals surface area contributed by atoms with Crippen molar-refractivity contribution in [1.29, 1.82) is 0 Å². The Hall–Kier alpha value is -0.0900. The molecule has 0 bridgehead atoms. The van der Waals surface area contributed by atoms with Crippen LogP contribution in [0.5, 0.6) is 0 Å². The molecule has 0 aliphatic heterocycles. The smallest absolute Gasteiger partial charge is 0.165 e. The molecule has 1 aromatic heterocycles. The molecule has 1 aromatic carbocycles. The first kappa shape index (κ1) is 11.4. The van der Waals surface area contributed by atoms with Crippen molar-refractivity contribution in [3.8, 4) is 0 Å². The molecule has 0 N–H and O–H groups in total. The van der Waals surface area contributed by atoms with Crippen LogP contribution >= 0.6 is 50.7 Å². The number of nitrogens with zero attached hydrogens (tertiary/aromatic N) is 1. The van der Waals surface area contributed by atoms with Gasteiger partial charge in [-0.25, -0.2) is 9.37 Å². The maximum atomic E-state index is 13.7. The Morgan fingerprint density at radius 1 is 1.13 bits per heavy atom. The summed E-state index contributed by atoms with van der Waals surface area (Å²) in [4.78, 5) is 3.86. The van der Waals surface area contributed by atoms with Gasteiger partial charge in [-0.2, -0.15) is 0 Å². The molecular formula is C9H2BrCl3FN. The van der Waals surface area contributed by atoms with Gasteiger partial charge >= 0.3 is 0 Å². The van der Waals surface area contributed by atoms with E-state index in [1.807, 2.05) is 0 Å². The summed E-state index contributed by atoms with van der Waals surface area (Å²) in [7, 11) is 0. The zero-order valence-corrected chi connectivity index (χ0v) is 10.8. The average molecular weight is 329 g/mol. The largest absolute Gasteiger partial charge is 0.233 e. The Morgan fingerprint density at radius 2 is 1.80 bits per heavy atom. The predicted octanol–water partition coefficient (Wildman–Crippen LogP) is 5.10. The molecule has 0 radical (unpaired) electrons. The van der Waals surface area contributed by atoms with Crippen molar-refractivity contribution in [2.75, 3.05) is 0 Å². The number of fused-ring (bicyclic) bond motifs is 1. The molecule has 0 fully saturated rings. The minimum absolute atomic E-state index is 0.101. The van der Waals surface area contributed by atoms with E-state index in [0.29, 0.717) is 10.4 Å². The lowest BCUT2D eigenvalue weighted by Gasteiger charge is -2.05. The molecule has 0 aliphatic rings. The fourth-order valence-corrected chi connectivity index (χ4v) is 2.19. The van der Waals surface area contributed by atoms with Gasteiger partial charge in [0, 0.05) is 5.39 Å². The summed E-state index contributed by atoms with van der Waals surface area (Å²) >= 11 is 20.4. The van der Waals surface area contributed by atoms with Crippen LogP contribution in [0.2, 0.25) is 15.2 Å². The average Bonchev–Trinajstić information content (AvgIpc) is 2.17. The van der Waals surface area contributed by atoms with E-state index in [9.17, 15) is 4.39 Å². The van der Waals surface area contributed by atoms with Crippen LogP contribution in [0.3, 0.4) is 0 Å². The van der Waals surface area contributed by atoms with E-state index in [1.54, 1.807) is 0 Å². The third kappa shape index (κ3) is 1.94. The van der Waals surface area contributed by atoms with Crippen molar-refractivity contribution < 1.29 is 4.39 Å². The van der Waals surface area contributed by atoms with Crippen molar-refractivity contribution in [1.82, 2.24) is 4.98 Å². The van der Waals surface area contributed by atoms with Crippen molar-refractivity contribution >= 4 is 61.6 Å². The van der Waals surface area contributed by atoms with Crippen LogP contribution in [0.4, 0.5) is 4.39 Å². The Labute approximate surface area is 108 Å². The van der Waals surface area contributed by atoms with Crippen LogP contribution in [0.1, 0.15) is 0 Å². The summed E-state index contributed by atoms with van der Waals surface area (Å²) in [6, 6.07) is 2.98. The molecule has 0 unspecified atom stereocenters. The Morgan fingerprint density at radius 3 is 2.47 bits per heavy atom. The molecule has 0 saturated carbocycles. The lowest BCUT2D eigenvalue weighted by atomic mass is 10.2. The summed E-state index contributed by atoms with van der Waals surface area (Å²) in [5.74, 6) is -0.568. The maximum absolute atomic E-state index is 13.7. The van der Waals surface area contributed by atoms with E-state index in [2.05, 4.69) is 20.9 Å². The second-order valence-corrected chi connectivity index (χ2v) is 4.80. The predicted molar refractivity (Wildman–Crippen MR) is 64.4 cm³/mol. The number of aromatic nitrogens is 1. The zero-order valence-electron chi connectivity index (χ0n) is 6.99. The highest BCUT2D eigenvalue weighted by Crippen LogP contribution is 2.35. The van der Waals surface area contributed by atoms with E-state index in [0.717, 1.165) is 0 Å². The van der Waals surface area contributed by atoms with Crippen LogP contribution in [0.25, 0.3) is 10.9 Å². The van der Waals surface area contributed by atoms with Crippen LogP contribution in [0.15, 0.2) is 16.6 Å². The maximum Gasteiger partial charge on any atom is 0.165 e. The summed E-state index contributed by atoms with van der Waals surface area (Å²) in [5.41, 5.74) is 0.101. The summed E-state index contributed by atoms with van der Waals surface area (Å²) < 4.78 is 13.9. The third-order valence-electron chi connectivity index (χ3n) is 1.86. The molecule has 0 aliphatic carbocycles. The van der Waals surface area contributed by atoms with Crippen LogP contribution in [0, 0.1) is 5.82 Å². The van der Waals surface area contributed by atoms with Crippen molar-refractivity contribution in [3.63, 3.8) is 0 Å². The normalized spacial score (nSPS) is 11.0. The molecule has 0 saturated heterocycles. The molecule has 1 heterocycles. The van der Waals surface area contributed by atoms with Gasteiger partial charge in [0.15, 0.2) is 5.82 Å². The fraction of sp³-hybridized carbons (Fsp3) is 0. The highest BCUT2D eigenvalue weighted by molar-refractivity contribution is 9.10. The topological polar surface area (TPSA) is 12.9 Å². The van der Waals surface area contributed by atoms with E-state index >= 15 is 0 Å². The molecule has 0 atom stereocenters. The molecule has 6 heteroatoms. The number of hydrogen-bond donors (Lipinski definition) is 0. The number of hydrogen-bond acceptors (Lipinski definition) is 1. The SMILES string of the molecule is Fc1c(Br)c(Cl)cc2c(Cl)cc(Cl)nc12. The first-order valence-electron chi connectivity index (χ1n) is 3.80. The first-order valence-corrected chi connectivity index (χ1v) is 5.72. The Kier molecular flexibility index (Phi) is 3.08. The fourth-order valence-electron chi connectivity index (χ4n) is 1.20. The summed E-state index contributed by atoms with van der Waals surface area (Å²) in [6.07, 6.45) is 0. The van der Waals surface area contributed by atoms with Gasteiger partial charge in [0.05, 0.1) is 14.5 Å². The molecule has 2 rings (SSSR count). The Balaban J connectivity index is 2.98. The van der Waals surface area contributed by atoms with Gasteiger partial charge in [-0.1, -0.05) is 34.8 Å². The highest BCUT2D eigenvalue weighted by atomic mass is 79.9. The van der Waals surface area contributed by atoms with Crippen molar-refractivity contribution in [2.45, 2.75) is 0 Å². The number of halogens is 5. The lowest BCUT2D eigenvalue weighted by molar-refractivity contribution is 0.630. The molecule has 15 heavy (non-hydrogen) atoms. The Bertz CT molecular complexity index is 559. The number of benzene rings is 1. The van der Waals surface area contributed by atoms with Gasteiger partial charge in [-0.3, -0.25) is 0 Å². The third-order valence-corrected chi connectivity index (χ3v) is 3.67. The van der Waals surface area contributed by atoms with Crippen LogP contribution < -0.4 is 0 Å². The van der Waals surface area contributed by atoms with Gasteiger partial charge in [0.25, 0.3) is 0 Å². The summed E-state index contributed by atoms with van der Waals surface area (Å²) in [5, 5.41) is 1.14. The number of pyridine rings is 1. The second-order valence-electron chi connectivity index (χ2n) is 2.81. The van der Waals surface area contributed by atoms with Crippen molar-refractivity contribution in [3.05, 3.63) is 37.6 Å². The van der Waals surface area contributed by atoms with Gasteiger partial charge in [0.2, 0.25) is 0 Å². The van der Waals surface area contributed by atoms with E-state index < -0.39 is 5.82 Å². The molecule has 1 nitrogen and oxygen atoms in total. The second kappa shape index (κ2) is 4.06. The molecular weight excluding hydrogens is 327 g/mol.